The lowest BCUT2D eigenvalue weighted by Gasteiger charge is -2.26. The van der Waals surface area contributed by atoms with E-state index >= 15 is 0 Å². The van der Waals surface area contributed by atoms with E-state index in [1.54, 1.807) is 0 Å². The molecular formula is C12H22O5. The predicted molar refractivity (Wildman–Crippen MR) is 60.4 cm³/mol. The highest BCUT2D eigenvalue weighted by molar-refractivity contribution is 4.90. The van der Waals surface area contributed by atoms with Crippen LogP contribution in [0.2, 0.25) is 0 Å². The summed E-state index contributed by atoms with van der Waals surface area (Å²) >= 11 is 0. The van der Waals surface area contributed by atoms with E-state index < -0.39 is 17.7 Å². The third-order valence-electron chi connectivity index (χ3n) is 3.10. The molecule has 1 N–H and O–H groups in total. The van der Waals surface area contributed by atoms with Crippen molar-refractivity contribution in [1.29, 1.82) is 0 Å². The van der Waals surface area contributed by atoms with Gasteiger partial charge in [-0.3, -0.25) is 0 Å². The first kappa shape index (κ1) is 13.2. The van der Waals surface area contributed by atoms with Gasteiger partial charge in [-0.2, -0.15) is 0 Å². The van der Waals surface area contributed by atoms with Crippen LogP contribution in [-0.2, 0) is 18.9 Å². The van der Waals surface area contributed by atoms with Crippen molar-refractivity contribution < 1.29 is 24.1 Å². The van der Waals surface area contributed by atoms with Crippen molar-refractivity contribution >= 4 is 0 Å². The SMILES string of the molecule is C[C@@H]1OC(C)(C)O[C@@H]1[C@@H](O)[C@H]1COC(C)(C)O1. The summed E-state index contributed by atoms with van der Waals surface area (Å²) in [4.78, 5) is 0. The summed E-state index contributed by atoms with van der Waals surface area (Å²) in [7, 11) is 0. The molecule has 0 unspecified atom stereocenters. The smallest absolute Gasteiger partial charge is 0.163 e. The van der Waals surface area contributed by atoms with Crippen molar-refractivity contribution in [3.05, 3.63) is 0 Å². The molecule has 0 aromatic heterocycles. The number of hydrogen-bond acceptors (Lipinski definition) is 5. The summed E-state index contributed by atoms with van der Waals surface area (Å²) in [5.41, 5.74) is 0. The summed E-state index contributed by atoms with van der Waals surface area (Å²) in [6.07, 6.45) is -1.65. The van der Waals surface area contributed by atoms with Gasteiger partial charge >= 0.3 is 0 Å². The molecule has 4 atom stereocenters. The minimum atomic E-state index is -0.742. The lowest BCUT2D eigenvalue weighted by Crippen LogP contribution is -2.44. The van der Waals surface area contributed by atoms with Crippen LogP contribution < -0.4 is 0 Å². The Morgan fingerprint density at radius 1 is 1.06 bits per heavy atom. The highest BCUT2D eigenvalue weighted by atomic mass is 16.8. The maximum atomic E-state index is 10.3. The summed E-state index contributed by atoms with van der Waals surface area (Å²) < 4.78 is 22.4. The van der Waals surface area contributed by atoms with Crippen molar-refractivity contribution in [2.45, 2.75) is 70.6 Å². The van der Waals surface area contributed by atoms with Crippen LogP contribution in [0.4, 0.5) is 0 Å². The van der Waals surface area contributed by atoms with Crippen molar-refractivity contribution in [2.75, 3.05) is 6.61 Å². The average Bonchev–Trinajstić information content (AvgIpc) is 2.65. The van der Waals surface area contributed by atoms with Crippen LogP contribution in [0.25, 0.3) is 0 Å². The normalized spacial score (nSPS) is 41.6. The second-order valence-corrected chi connectivity index (χ2v) is 5.66. The van der Waals surface area contributed by atoms with Crippen LogP contribution in [-0.4, -0.2) is 47.7 Å². The van der Waals surface area contributed by atoms with Gasteiger partial charge in [0.15, 0.2) is 11.6 Å². The molecule has 5 nitrogen and oxygen atoms in total. The van der Waals surface area contributed by atoms with Gasteiger partial charge in [0.25, 0.3) is 0 Å². The van der Waals surface area contributed by atoms with Crippen LogP contribution in [0.3, 0.4) is 0 Å². The van der Waals surface area contributed by atoms with Gasteiger partial charge in [-0.15, -0.1) is 0 Å². The fraction of sp³-hybridized carbons (Fsp3) is 1.00. The van der Waals surface area contributed by atoms with Crippen molar-refractivity contribution in [2.24, 2.45) is 0 Å². The molecule has 2 fully saturated rings. The summed E-state index contributed by atoms with van der Waals surface area (Å²) in [5, 5.41) is 10.3. The fourth-order valence-corrected chi connectivity index (χ4v) is 2.41. The first-order chi connectivity index (χ1) is 7.70. The monoisotopic (exact) mass is 246 g/mol. The van der Waals surface area contributed by atoms with E-state index in [2.05, 4.69) is 0 Å². The van der Waals surface area contributed by atoms with Gasteiger partial charge < -0.3 is 24.1 Å². The van der Waals surface area contributed by atoms with Crippen molar-refractivity contribution in [3.63, 3.8) is 0 Å². The Bertz CT molecular complexity index is 289. The van der Waals surface area contributed by atoms with E-state index in [-0.39, 0.29) is 18.3 Å². The molecule has 100 valence electrons. The molecule has 0 saturated carbocycles. The average molecular weight is 246 g/mol. The van der Waals surface area contributed by atoms with Gasteiger partial charge in [-0.1, -0.05) is 0 Å². The number of hydrogen-bond donors (Lipinski definition) is 1. The number of aliphatic hydroxyl groups is 1. The maximum Gasteiger partial charge on any atom is 0.163 e. The molecule has 0 aliphatic carbocycles. The molecule has 2 rings (SSSR count). The Balaban J connectivity index is 1.99. The highest BCUT2D eigenvalue weighted by Gasteiger charge is 2.48. The Kier molecular flexibility index (Phi) is 3.25. The predicted octanol–water partition coefficient (Wildman–Crippen LogP) is 1.04. The number of rotatable bonds is 2. The minimum Gasteiger partial charge on any atom is -0.387 e. The van der Waals surface area contributed by atoms with Crippen LogP contribution in [0, 0.1) is 0 Å². The molecule has 2 heterocycles. The molecule has 0 spiro atoms. The van der Waals surface area contributed by atoms with Gasteiger partial charge in [-0.25, -0.2) is 0 Å². The topological polar surface area (TPSA) is 57.2 Å². The molecule has 0 aromatic rings. The van der Waals surface area contributed by atoms with Crippen LogP contribution in [0.15, 0.2) is 0 Å². The Labute approximate surface area is 102 Å². The van der Waals surface area contributed by atoms with Gasteiger partial charge in [-0.05, 0) is 34.6 Å². The van der Waals surface area contributed by atoms with E-state index in [0.717, 1.165) is 0 Å². The number of ether oxygens (including phenoxy) is 4. The fourth-order valence-electron chi connectivity index (χ4n) is 2.41. The molecule has 5 heteroatoms. The second-order valence-electron chi connectivity index (χ2n) is 5.66. The standard InChI is InChI=1S/C12H22O5/c1-7-10(17-12(4,5)15-7)9(13)8-6-14-11(2,3)16-8/h7-10,13H,6H2,1-5H3/t7-,8+,9-,10-/m0/s1. The molecule has 0 aromatic carbocycles. The highest BCUT2D eigenvalue weighted by Crippen LogP contribution is 2.33. The zero-order valence-corrected chi connectivity index (χ0v) is 11.1. The Morgan fingerprint density at radius 2 is 1.71 bits per heavy atom. The van der Waals surface area contributed by atoms with E-state index in [9.17, 15) is 5.11 Å². The third kappa shape index (κ3) is 2.80. The molecule has 2 saturated heterocycles. The molecule has 17 heavy (non-hydrogen) atoms. The number of aliphatic hydroxyl groups excluding tert-OH is 1. The van der Waals surface area contributed by atoms with E-state index in [1.807, 2.05) is 34.6 Å². The van der Waals surface area contributed by atoms with Gasteiger partial charge in [0.05, 0.1) is 12.7 Å². The van der Waals surface area contributed by atoms with Crippen LogP contribution in [0.5, 0.6) is 0 Å². The first-order valence-corrected chi connectivity index (χ1v) is 6.06. The van der Waals surface area contributed by atoms with Crippen molar-refractivity contribution in [1.82, 2.24) is 0 Å². The van der Waals surface area contributed by atoms with E-state index in [4.69, 9.17) is 18.9 Å². The minimum absolute atomic E-state index is 0.160. The van der Waals surface area contributed by atoms with Crippen LogP contribution in [0.1, 0.15) is 34.6 Å². The van der Waals surface area contributed by atoms with Crippen molar-refractivity contribution in [3.8, 4) is 0 Å². The van der Waals surface area contributed by atoms with Crippen LogP contribution >= 0.6 is 0 Å². The Hall–Kier alpha value is -0.200. The largest absolute Gasteiger partial charge is 0.387 e. The summed E-state index contributed by atoms with van der Waals surface area (Å²) in [6.45, 7) is 9.61. The van der Waals surface area contributed by atoms with E-state index in [1.165, 1.54) is 0 Å². The molecule has 0 radical (unpaired) electrons. The molecular weight excluding hydrogens is 224 g/mol. The second kappa shape index (κ2) is 4.17. The third-order valence-corrected chi connectivity index (χ3v) is 3.10. The lowest BCUT2D eigenvalue weighted by molar-refractivity contribution is -0.178. The zero-order chi connectivity index (χ0) is 12.8. The summed E-state index contributed by atoms with van der Waals surface area (Å²) in [6, 6.07) is 0. The van der Waals surface area contributed by atoms with E-state index in [0.29, 0.717) is 6.61 Å². The summed E-state index contributed by atoms with van der Waals surface area (Å²) in [5.74, 6) is -1.29. The lowest BCUT2D eigenvalue weighted by atomic mass is 10.0. The maximum absolute atomic E-state index is 10.3. The first-order valence-electron chi connectivity index (χ1n) is 6.06. The molecule has 2 aliphatic rings. The zero-order valence-electron chi connectivity index (χ0n) is 11.1. The quantitative estimate of drug-likeness (QED) is 0.789. The van der Waals surface area contributed by atoms with Gasteiger partial charge in [0.2, 0.25) is 0 Å². The molecule has 0 amide bonds. The molecule has 0 bridgehead atoms. The molecule has 2 aliphatic heterocycles. The van der Waals surface area contributed by atoms with Gasteiger partial charge in [0.1, 0.15) is 18.3 Å². The Morgan fingerprint density at radius 3 is 2.12 bits per heavy atom. The van der Waals surface area contributed by atoms with Gasteiger partial charge in [0, 0.05) is 0 Å².